The van der Waals surface area contributed by atoms with Crippen LogP contribution in [0, 0.1) is 0 Å². The molecule has 0 spiro atoms. The van der Waals surface area contributed by atoms with E-state index >= 15 is 0 Å². The molecular weight excluding hydrogens is 542 g/mol. The average Bonchev–Trinajstić information content (AvgIpc) is 2.96. The van der Waals surface area contributed by atoms with E-state index in [9.17, 15) is 14.4 Å². The second-order valence-corrected chi connectivity index (χ2v) is 12.8. The molecule has 0 unspecified atom stereocenters. The molecule has 43 heavy (non-hydrogen) atoms. The van der Waals surface area contributed by atoms with Gasteiger partial charge in [-0.2, -0.15) is 0 Å². The van der Waals surface area contributed by atoms with Crippen LogP contribution >= 0.6 is 0 Å². The number of rotatable bonds is 34. The normalized spacial score (nSPS) is 11.8. The second kappa shape index (κ2) is 30.1. The molecular formula is C36H68NO6+. The largest absolute Gasteiger partial charge is 0.481 e. The van der Waals surface area contributed by atoms with Gasteiger partial charge in [0.15, 0.2) is 0 Å². The molecule has 0 amide bonds. The van der Waals surface area contributed by atoms with E-state index in [-0.39, 0.29) is 19.3 Å². The van der Waals surface area contributed by atoms with E-state index in [1.807, 2.05) is 0 Å². The Morgan fingerprint density at radius 3 is 1.02 bits per heavy atom. The number of aliphatic carboxylic acids is 3. The first-order valence-corrected chi connectivity index (χ1v) is 18.0. The van der Waals surface area contributed by atoms with Crippen molar-refractivity contribution < 1.29 is 34.2 Å². The molecule has 0 radical (unpaired) electrons. The summed E-state index contributed by atoms with van der Waals surface area (Å²) in [4.78, 5) is 33.0. The molecule has 0 rings (SSSR count). The van der Waals surface area contributed by atoms with Crippen LogP contribution in [0.25, 0.3) is 0 Å². The van der Waals surface area contributed by atoms with E-state index in [4.69, 9.17) is 15.3 Å². The zero-order chi connectivity index (χ0) is 31.9. The molecule has 0 aliphatic heterocycles. The molecule has 0 saturated heterocycles. The summed E-state index contributed by atoms with van der Waals surface area (Å²) >= 11 is 0. The van der Waals surface area contributed by atoms with Crippen molar-refractivity contribution in [3.05, 3.63) is 12.2 Å². The second-order valence-electron chi connectivity index (χ2n) is 12.8. The van der Waals surface area contributed by atoms with Crippen LogP contribution in [0.4, 0.5) is 0 Å². The van der Waals surface area contributed by atoms with Gasteiger partial charge in [0, 0.05) is 19.3 Å². The van der Waals surface area contributed by atoms with Crippen molar-refractivity contribution in [2.75, 3.05) is 26.2 Å². The summed E-state index contributed by atoms with van der Waals surface area (Å²) in [5, 5.41) is 27.1. The molecule has 3 N–H and O–H groups in total. The summed E-state index contributed by atoms with van der Waals surface area (Å²) in [5.74, 6) is -2.31. The molecule has 0 aromatic carbocycles. The Balaban J connectivity index is 4.34. The molecule has 0 aliphatic rings. The summed E-state index contributed by atoms with van der Waals surface area (Å²) in [6.45, 7) is 5.89. The number of allylic oxidation sites excluding steroid dienone is 2. The van der Waals surface area contributed by atoms with Crippen molar-refractivity contribution in [1.82, 2.24) is 0 Å². The Bertz CT molecular complexity index is 653. The van der Waals surface area contributed by atoms with Gasteiger partial charge in [0.2, 0.25) is 0 Å². The lowest BCUT2D eigenvalue weighted by atomic mass is 10.0. The summed E-state index contributed by atoms with van der Waals surface area (Å²) < 4.78 is 0.849. The van der Waals surface area contributed by atoms with Gasteiger partial charge in [-0.3, -0.25) is 14.4 Å². The number of carboxylic acid groups (broad SMARTS) is 3. The molecule has 0 saturated carbocycles. The fraction of sp³-hybridized carbons (Fsp3) is 0.861. The molecule has 7 heteroatoms. The van der Waals surface area contributed by atoms with Crippen LogP contribution in [0.1, 0.15) is 174 Å². The van der Waals surface area contributed by atoms with Gasteiger partial charge in [-0.1, -0.05) is 96.1 Å². The van der Waals surface area contributed by atoms with Gasteiger partial charge in [0.1, 0.15) is 0 Å². The van der Waals surface area contributed by atoms with Crippen molar-refractivity contribution in [3.8, 4) is 0 Å². The van der Waals surface area contributed by atoms with Crippen LogP contribution in [0.3, 0.4) is 0 Å². The third-order valence-electron chi connectivity index (χ3n) is 8.71. The number of hydrogen-bond acceptors (Lipinski definition) is 3. The van der Waals surface area contributed by atoms with Crippen LogP contribution in [0.15, 0.2) is 12.2 Å². The summed E-state index contributed by atoms with van der Waals surface area (Å²) in [5.41, 5.74) is 0. The van der Waals surface area contributed by atoms with Crippen molar-refractivity contribution in [2.45, 2.75) is 174 Å². The van der Waals surface area contributed by atoms with Crippen molar-refractivity contribution >= 4 is 17.9 Å². The van der Waals surface area contributed by atoms with Crippen LogP contribution in [-0.4, -0.2) is 63.9 Å². The Morgan fingerprint density at radius 2 is 0.698 bits per heavy atom. The first-order chi connectivity index (χ1) is 20.8. The van der Waals surface area contributed by atoms with Gasteiger partial charge in [0.25, 0.3) is 0 Å². The van der Waals surface area contributed by atoms with Crippen LogP contribution in [0.2, 0.25) is 0 Å². The molecule has 0 heterocycles. The van der Waals surface area contributed by atoms with E-state index in [1.54, 1.807) is 0 Å². The maximum atomic E-state index is 11.0. The zero-order valence-electron chi connectivity index (χ0n) is 27.9. The molecule has 0 fully saturated rings. The van der Waals surface area contributed by atoms with Gasteiger partial charge in [-0.25, -0.2) is 0 Å². The molecule has 0 aromatic heterocycles. The van der Waals surface area contributed by atoms with Gasteiger partial charge in [0.05, 0.1) is 26.2 Å². The van der Waals surface area contributed by atoms with Crippen LogP contribution < -0.4 is 0 Å². The predicted molar refractivity (Wildman–Crippen MR) is 177 cm³/mol. The van der Waals surface area contributed by atoms with Gasteiger partial charge in [-0.15, -0.1) is 0 Å². The fourth-order valence-corrected chi connectivity index (χ4v) is 6.07. The van der Waals surface area contributed by atoms with Gasteiger partial charge in [-0.05, 0) is 70.6 Å². The number of unbranched alkanes of at least 4 members (excludes halogenated alkanes) is 18. The number of carbonyl (C=O) groups is 3. The van der Waals surface area contributed by atoms with Gasteiger partial charge < -0.3 is 19.8 Å². The lowest BCUT2D eigenvalue weighted by Gasteiger charge is -2.39. The highest BCUT2D eigenvalue weighted by Gasteiger charge is 2.26. The third kappa shape index (κ3) is 29.9. The van der Waals surface area contributed by atoms with E-state index in [1.165, 1.54) is 83.5 Å². The van der Waals surface area contributed by atoms with Crippen LogP contribution in [-0.2, 0) is 14.4 Å². The van der Waals surface area contributed by atoms with E-state index in [2.05, 4.69) is 19.1 Å². The van der Waals surface area contributed by atoms with Gasteiger partial charge >= 0.3 is 17.9 Å². The number of nitrogens with zero attached hydrogens (tertiary/aromatic N) is 1. The maximum absolute atomic E-state index is 11.0. The Morgan fingerprint density at radius 1 is 0.419 bits per heavy atom. The summed E-state index contributed by atoms with van der Waals surface area (Å²) in [7, 11) is 0. The smallest absolute Gasteiger partial charge is 0.303 e. The highest BCUT2D eigenvalue weighted by atomic mass is 16.4. The monoisotopic (exact) mass is 611 g/mol. The number of quaternary nitrogens is 1. The molecule has 252 valence electrons. The Kier molecular flexibility index (Phi) is 28.8. The minimum absolute atomic E-state index is 0.169. The highest BCUT2D eigenvalue weighted by Crippen LogP contribution is 2.19. The zero-order valence-corrected chi connectivity index (χ0v) is 27.9. The number of hydrogen-bond donors (Lipinski definition) is 3. The SMILES string of the molecule is CCCCCCCCCCCCCCC/C=C/CCCC[N+](CCCCC(=O)O)(CCCCC(=O)O)CCCCC(=O)O. The summed E-state index contributed by atoms with van der Waals surface area (Å²) in [6.07, 6.45) is 31.9. The Labute approximate surface area is 264 Å². The summed E-state index contributed by atoms with van der Waals surface area (Å²) in [6, 6.07) is 0. The van der Waals surface area contributed by atoms with Crippen molar-refractivity contribution in [3.63, 3.8) is 0 Å². The number of carboxylic acids is 3. The molecule has 0 atom stereocenters. The van der Waals surface area contributed by atoms with Crippen LogP contribution in [0.5, 0.6) is 0 Å². The first-order valence-electron chi connectivity index (χ1n) is 18.0. The molecule has 0 bridgehead atoms. The lowest BCUT2D eigenvalue weighted by molar-refractivity contribution is -0.929. The average molecular weight is 611 g/mol. The molecule has 0 aliphatic carbocycles. The van der Waals surface area contributed by atoms with Crippen molar-refractivity contribution in [2.24, 2.45) is 0 Å². The topological polar surface area (TPSA) is 112 Å². The van der Waals surface area contributed by atoms with E-state index in [0.29, 0.717) is 19.3 Å². The van der Waals surface area contributed by atoms with E-state index in [0.717, 1.165) is 75.6 Å². The molecule has 0 aromatic rings. The molecule has 7 nitrogen and oxygen atoms in total. The maximum Gasteiger partial charge on any atom is 0.303 e. The first kappa shape index (κ1) is 41.1. The predicted octanol–water partition coefficient (Wildman–Crippen LogP) is 9.78. The van der Waals surface area contributed by atoms with Crippen molar-refractivity contribution in [1.29, 1.82) is 0 Å². The lowest BCUT2D eigenvalue weighted by Crippen LogP contribution is -2.51. The third-order valence-corrected chi connectivity index (χ3v) is 8.71. The fourth-order valence-electron chi connectivity index (χ4n) is 6.07. The van der Waals surface area contributed by atoms with E-state index < -0.39 is 17.9 Å². The minimum Gasteiger partial charge on any atom is -0.481 e. The Hall–Kier alpha value is -1.89. The minimum atomic E-state index is -0.772. The highest BCUT2D eigenvalue weighted by molar-refractivity contribution is 5.67. The standard InChI is InChI=1S/C36H67NO6/c1-2-3-4-5-6-7-8-9-10-11-12-13-14-15-16-17-18-19-23-30-37(31-24-20-27-34(38)39,32-25-21-28-35(40)41)33-26-22-29-36(42)43/h16-17H,2-15,18-33H2,1H3,(H2-,38,39,40,41,42,43)/p+1/b17-16+. The quantitative estimate of drug-likeness (QED) is 0.0380.